The van der Waals surface area contributed by atoms with Crippen LogP contribution in [-0.4, -0.2) is 27.4 Å². The summed E-state index contributed by atoms with van der Waals surface area (Å²) in [6.07, 6.45) is 0. The molecule has 678 valence electrons. The van der Waals surface area contributed by atoms with E-state index < -0.39 is 0 Å². The van der Waals surface area contributed by atoms with Gasteiger partial charge in [0.2, 0.25) is 0 Å². The summed E-state index contributed by atoms with van der Waals surface area (Å²) >= 11 is 0. The Hall–Kier alpha value is -21.2. The molecule has 0 N–H and O–H groups in total. The van der Waals surface area contributed by atoms with Crippen LogP contribution >= 0.6 is 0 Å². The van der Waals surface area contributed by atoms with Crippen molar-refractivity contribution in [3.63, 3.8) is 0 Å². The number of rotatable bonds is 9. The van der Waals surface area contributed by atoms with Crippen molar-refractivity contribution in [2.24, 2.45) is 0 Å². The van der Waals surface area contributed by atoms with Crippen LogP contribution in [0.3, 0.4) is 0 Å². The van der Waals surface area contributed by atoms with E-state index >= 15 is 0 Å². The summed E-state index contributed by atoms with van der Waals surface area (Å²) in [5.74, 6) is 0. The summed E-state index contributed by atoms with van der Waals surface area (Å²) in [7, 11) is 0. The van der Waals surface area contributed by atoms with Gasteiger partial charge in [0.25, 0.3) is 0 Å². The lowest BCUT2D eigenvalue weighted by atomic mass is 9.96. The van der Waals surface area contributed by atoms with Crippen molar-refractivity contribution in [3.05, 3.63) is 470 Å². The molecule has 0 spiro atoms. The molecule has 30 rings (SSSR count). The smallest absolute Gasteiger partial charge is 0.145 e. The van der Waals surface area contributed by atoms with Crippen molar-refractivity contribution < 1.29 is 13.3 Å². The fraction of sp³-hybridized carbons (Fsp3) is 0. The minimum Gasteiger partial charge on any atom is -0.455 e. The van der Waals surface area contributed by atoms with E-state index in [4.69, 9.17) is 13.3 Å². The number of furan rings is 3. The predicted octanol–water partition coefficient (Wildman–Crippen LogP) is 33.6. The molecule has 0 bridgehead atoms. The molecule has 9 aromatic heterocycles. The van der Waals surface area contributed by atoms with Crippen molar-refractivity contribution in [1.82, 2.24) is 27.4 Å². The van der Waals surface area contributed by atoms with Crippen molar-refractivity contribution in [1.29, 1.82) is 31.6 Å². The number of nitrogens with zero attached hydrogens (tertiary/aromatic N) is 12. The minimum atomic E-state index is 0.552. The van der Waals surface area contributed by atoms with E-state index in [1.54, 1.807) is 0 Å². The van der Waals surface area contributed by atoms with Crippen molar-refractivity contribution in [3.8, 4) is 104 Å². The third-order valence-electron chi connectivity index (χ3n) is 29.3. The van der Waals surface area contributed by atoms with Crippen LogP contribution in [0, 0.1) is 68.0 Å². The normalized spacial score (nSPS) is 11.6. The first-order chi connectivity index (χ1) is 72.7. The van der Waals surface area contributed by atoms with E-state index in [9.17, 15) is 31.6 Å². The Kier molecular flexibility index (Phi) is 19.0. The molecule has 0 saturated heterocycles. The van der Waals surface area contributed by atoms with E-state index in [1.807, 2.05) is 164 Å². The molecule has 30 aromatic rings. The van der Waals surface area contributed by atoms with Gasteiger partial charge in [0.1, 0.15) is 33.5 Å². The predicted molar refractivity (Wildman–Crippen MR) is 592 cm³/mol. The molecule has 0 fully saturated rings. The Bertz CT molecular complexity index is 11100. The highest BCUT2D eigenvalue weighted by Gasteiger charge is 2.30. The first-order valence-electron chi connectivity index (χ1n) is 48.4. The molecule has 21 aromatic carbocycles. The van der Waals surface area contributed by atoms with Gasteiger partial charge in [-0.25, -0.2) is 0 Å². The maximum Gasteiger partial charge on any atom is 0.145 e. The zero-order valence-electron chi connectivity index (χ0n) is 78.2. The molecule has 0 saturated carbocycles. The van der Waals surface area contributed by atoms with Crippen molar-refractivity contribution in [2.45, 2.75) is 0 Å². The largest absolute Gasteiger partial charge is 0.455 e. The number of benzene rings is 21. The molecule has 0 unspecified atom stereocenters. The molecule has 0 atom stereocenters. The zero-order valence-corrected chi connectivity index (χ0v) is 78.2. The molecule has 147 heavy (non-hydrogen) atoms. The van der Waals surface area contributed by atoms with Crippen LogP contribution in [0.15, 0.2) is 450 Å². The van der Waals surface area contributed by atoms with Gasteiger partial charge in [-0.1, -0.05) is 231 Å². The second-order valence-electron chi connectivity index (χ2n) is 37.0. The van der Waals surface area contributed by atoms with Gasteiger partial charge in [-0.2, -0.15) is 31.6 Å². The molecular weight excluding hydrogens is 1800 g/mol. The van der Waals surface area contributed by atoms with E-state index in [0.29, 0.717) is 33.4 Å². The lowest BCUT2D eigenvalue weighted by Crippen LogP contribution is -1.99. The topological polar surface area (TPSA) is 212 Å². The molecule has 0 aliphatic rings. The van der Waals surface area contributed by atoms with Gasteiger partial charge >= 0.3 is 0 Å². The summed E-state index contributed by atoms with van der Waals surface area (Å²) in [5, 5.41) is 78.6. The van der Waals surface area contributed by atoms with Gasteiger partial charge in [-0.15, -0.1) is 0 Å². The quantitative estimate of drug-likeness (QED) is 0.134. The Morgan fingerprint density at radius 2 is 0.442 bits per heavy atom. The van der Waals surface area contributed by atoms with Crippen LogP contribution in [-0.2, 0) is 0 Å². The van der Waals surface area contributed by atoms with Gasteiger partial charge in [0.15, 0.2) is 0 Å². The SMILES string of the molecule is N#Cc1ccc(-c2cccc3c2oc2c3ccc3c2c2ccccc2n3-c2ccccc2)c(-n2c3ccccc3c3cc(C#N)ccc32)c1.N#Cc1ccc(-n2c3ccccc3c3cc(C#N)ccc32)c(-c2cccc3c2oc2c3ccc3c2c2ccccc2n3-c2ccccc2)c1.N#Cc1ccc2c(c1)c1ccccc1n2-c1cccc(C#N)c1-c1cccc2c1oc1c2ccc2c1c1ccccc1n2-c1ccccc1. The molecular formula is C132H72N12O3. The molecule has 0 aliphatic heterocycles. The monoisotopic (exact) mass is 1870 g/mol. The Balaban J connectivity index is 0.000000107. The van der Waals surface area contributed by atoms with Crippen molar-refractivity contribution in [2.75, 3.05) is 0 Å². The van der Waals surface area contributed by atoms with E-state index in [2.05, 4.69) is 337 Å². The minimum absolute atomic E-state index is 0.552. The van der Waals surface area contributed by atoms with Gasteiger partial charge < -0.3 is 40.7 Å². The number of hydrogen-bond donors (Lipinski definition) is 0. The number of aromatic nitrogens is 6. The zero-order chi connectivity index (χ0) is 97.9. The second-order valence-corrected chi connectivity index (χ2v) is 37.0. The molecule has 15 heteroatoms. The molecule has 15 nitrogen and oxygen atoms in total. The number of fused-ring (bicyclic) bond motifs is 30. The maximum absolute atomic E-state index is 10.6. The average Bonchev–Trinajstić information content (AvgIpc) is 1.56. The van der Waals surface area contributed by atoms with Crippen LogP contribution < -0.4 is 0 Å². The van der Waals surface area contributed by atoms with Gasteiger partial charge in [0.05, 0.1) is 169 Å². The summed E-state index contributed by atoms with van der Waals surface area (Å²) in [5.41, 5.74) is 32.1. The third-order valence-corrected chi connectivity index (χ3v) is 29.3. The van der Waals surface area contributed by atoms with E-state index in [0.717, 1.165) is 264 Å². The standard InChI is InChI=1S/3C44H24N4O/c45-25-27-20-22-38-35(24-27)30-13-4-6-17-36(30)48(38)39-19-8-10-28(26-46)41(39)34-16-9-15-31-32-21-23-40-42(44(32)49-43(31)34)33-14-5-7-18-37(33)47(40)29-11-2-1-3-12-29;45-25-27-17-20-39-35(23-27)30-11-4-6-15-37(30)48(39)40-21-18-28(26-46)24-36(40)32-14-8-13-31-33-19-22-41-42(44(33)49-43(31)32)34-12-5-7-16-38(34)47(41)29-9-2-1-3-10-29;45-25-27-18-21-39-36(23-27)30-11-4-6-15-37(30)48(39)41-24-28(26-46)17-19-31(41)32-13-8-14-33-34-20-22-40-42(44(34)49-43(32)33)35-12-5-7-16-38(35)47(40)29-9-2-1-3-10-29/h3*1-24H. The first kappa shape index (κ1) is 83.9. The van der Waals surface area contributed by atoms with Crippen LogP contribution in [0.2, 0.25) is 0 Å². The fourth-order valence-electron chi connectivity index (χ4n) is 23.1. The highest BCUT2D eigenvalue weighted by molar-refractivity contribution is 6.29. The average molecular weight is 1870 g/mol. The molecule has 0 radical (unpaired) electrons. The lowest BCUT2D eigenvalue weighted by Gasteiger charge is -2.15. The van der Waals surface area contributed by atoms with Crippen molar-refractivity contribution >= 4 is 197 Å². The second kappa shape index (κ2) is 33.2. The number of nitriles is 6. The Morgan fingerprint density at radius 3 is 0.837 bits per heavy atom. The van der Waals surface area contributed by atoms with Crippen LogP contribution in [0.4, 0.5) is 0 Å². The van der Waals surface area contributed by atoms with Crippen LogP contribution in [0.1, 0.15) is 33.4 Å². The van der Waals surface area contributed by atoms with Gasteiger partial charge in [-0.3, -0.25) is 0 Å². The maximum atomic E-state index is 10.6. The number of para-hydroxylation sites is 12. The third kappa shape index (κ3) is 12.7. The first-order valence-corrected chi connectivity index (χ1v) is 48.4. The van der Waals surface area contributed by atoms with Crippen LogP contribution in [0.25, 0.3) is 264 Å². The van der Waals surface area contributed by atoms with E-state index in [-0.39, 0.29) is 0 Å². The Morgan fingerprint density at radius 1 is 0.156 bits per heavy atom. The summed E-state index contributed by atoms with van der Waals surface area (Å²) in [6, 6.07) is 162. The molecule has 9 heterocycles. The summed E-state index contributed by atoms with van der Waals surface area (Å²) < 4.78 is 34.6. The Labute approximate surface area is 837 Å². The highest BCUT2D eigenvalue weighted by Crippen LogP contribution is 2.52. The van der Waals surface area contributed by atoms with Crippen LogP contribution in [0.5, 0.6) is 0 Å². The van der Waals surface area contributed by atoms with E-state index in [1.165, 1.54) is 0 Å². The van der Waals surface area contributed by atoms with Gasteiger partial charge in [0, 0.05) is 131 Å². The highest BCUT2D eigenvalue weighted by atomic mass is 16.3. The summed E-state index contributed by atoms with van der Waals surface area (Å²) in [4.78, 5) is 0. The number of hydrogen-bond acceptors (Lipinski definition) is 9. The molecule has 0 amide bonds. The van der Waals surface area contributed by atoms with Gasteiger partial charge in [-0.05, 0) is 206 Å². The summed E-state index contributed by atoms with van der Waals surface area (Å²) in [6.45, 7) is 0. The lowest BCUT2D eigenvalue weighted by molar-refractivity contribution is 0.673. The fourth-order valence-corrected chi connectivity index (χ4v) is 23.1. The molecule has 0 aliphatic carbocycles.